The molecular formula is C6H17O21P5. The van der Waals surface area contributed by atoms with Gasteiger partial charge in [-0.25, -0.2) is 22.8 Å². The van der Waals surface area contributed by atoms with E-state index in [1.54, 1.807) is 0 Å². The van der Waals surface area contributed by atoms with Crippen LogP contribution in [-0.4, -0.2) is 86.2 Å². The van der Waals surface area contributed by atoms with Gasteiger partial charge in [-0.05, 0) is 0 Å². The van der Waals surface area contributed by atoms with Gasteiger partial charge in [0.15, 0.2) is 12.4 Å². The average molecular weight is 580 g/mol. The van der Waals surface area contributed by atoms with E-state index in [9.17, 15) is 27.6 Å². The van der Waals surface area contributed by atoms with Crippen molar-refractivity contribution in [3.05, 3.63) is 0 Å². The van der Waals surface area contributed by atoms with Gasteiger partial charge in [0.05, 0.1) is 6.61 Å². The molecule has 0 aromatic carbocycles. The molecule has 0 aliphatic carbocycles. The number of carbonyl (C=O) groups is 1. The van der Waals surface area contributed by atoms with Crippen LogP contribution in [0, 0.1) is 0 Å². The van der Waals surface area contributed by atoms with E-state index in [1.807, 2.05) is 0 Å². The molecule has 0 aliphatic rings. The summed E-state index contributed by atoms with van der Waals surface area (Å²) in [5, 5.41) is 0. The monoisotopic (exact) mass is 580 g/mol. The molecular weight excluding hydrogens is 563 g/mol. The average Bonchev–Trinajstić information content (AvgIpc) is 2.48. The van der Waals surface area contributed by atoms with Crippen LogP contribution >= 0.6 is 39.1 Å². The number of carbonyl (C=O) groups excluding carboxylic acids is 1. The fourth-order valence-electron chi connectivity index (χ4n) is 1.82. The predicted octanol–water partition coefficient (Wildman–Crippen LogP) is -2.79. The molecule has 0 amide bonds. The highest BCUT2D eigenvalue weighted by molar-refractivity contribution is 7.47. The number of rotatable bonds is 15. The second-order valence-electron chi connectivity index (χ2n) is 5.24. The molecule has 0 aromatic rings. The van der Waals surface area contributed by atoms with Gasteiger partial charge in [0.2, 0.25) is 0 Å². The van der Waals surface area contributed by atoms with Crippen LogP contribution in [0.1, 0.15) is 0 Å². The van der Waals surface area contributed by atoms with Gasteiger partial charge < -0.3 is 53.7 Å². The quantitative estimate of drug-likeness (QED) is 0.0690. The fourth-order valence-corrected chi connectivity index (χ4v) is 4.31. The molecule has 0 aromatic heterocycles. The summed E-state index contributed by atoms with van der Waals surface area (Å²) in [7, 11) is -28.8. The Morgan fingerprint density at radius 3 is 1.25 bits per heavy atom. The van der Waals surface area contributed by atoms with Gasteiger partial charge in [-0.1, -0.05) is 0 Å². The third kappa shape index (κ3) is 16.0. The zero-order chi connectivity index (χ0) is 25.8. The van der Waals surface area contributed by atoms with Crippen LogP contribution in [0.25, 0.3) is 0 Å². The maximum absolute atomic E-state index is 11.3. The van der Waals surface area contributed by atoms with E-state index in [1.165, 1.54) is 0 Å². The molecule has 0 heterocycles. The normalized spacial score (nSPS) is 18.1. The van der Waals surface area contributed by atoms with Crippen LogP contribution in [0.2, 0.25) is 0 Å². The molecule has 32 heavy (non-hydrogen) atoms. The standard InChI is InChI=1S/C6H17O21P5/c7-1-3(24-29(11,12)13)5(26-31(17,18)19)6(27-32(20,21)22)4(25-30(14,15)16)2-23-28(8,9)10/h1,3-6H,2H2,(H2,8,9,10)(H2,11,12,13)(H2,14,15,16)(H2,17,18,19)(H2,20,21,22)/t3-,4+,5+,6-/m0/s1. The van der Waals surface area contributed by atoms with Gasteiger partial charge in [-0.15, -0.1) is 0 Å². The first kappa shape index (κ1) is 32.2. The minimum absolute atomic E-state index is 0.631. The summed E-state index contributed by atoms with van der Waals surface area (Å²) in [5.74, 6) is 0. The summed E-state index contributed by atoms with van der Waals surface area (Å²) in [6.45, 7) is -1.76. The highest BCUT2D eigenvalue weighted by Gasteiger charge is 2.48. The van der Waals surface area contributed by atoms with Crippen molar-refractivity contribution in [2.45, 2.75) is 24.4 Å². The summed E-state index contributed by atoms with van der Waals surface area (Å²) in [6, 6.07) is 0. The molecule has 10 N–H and O–H groups in total. The van der Waals surface area contributed by atoms with Crippen molar-refractivity contribution in [1.82, 2.24) is 0 Å². The Balaban J connectivity index is 6.67. The maximum atomic E-state index is 11.3. The Hall–Kier alpha value is 0.220. The van der Waals surface area contributed by atoms with E-state index < -0.39 is 76.4 Å². The first-order valence-electron chi connectivity index (χ1n) is 7.03. The highest BCUT2D eigenvalue weighted by atomic mass is 31.2. The van der Waals surface area contributed by atoms with E-state index in [4.69, 9.17) is 48.9 Å². The predicted molar refractivity (Wildman–Crippen MR) is 91.7 cm³/mol. The third-order valence-electron chi connectivity index (χ3n) is 2.60. The number of phosphoric ester groups is 5. The van der Waals surface area contributed by atoms with Gasteiger partial charge in [-0.2, -0.15) is 0 Å². The number of hydrogen-bond donors (Lipinski definition) is 10. The third-order valence-corrected chi connectivity index (χ3v) is 5.19. The number of aldehydes is 1. The van der Waals surface area contributed by atoms with E-state index in [-0.39, 0.29) is 0 Å². The summed E-state index contributed by atoms with van der Waals surface area (Å²) in [4.78, 5) is 100. The molecule has 0 fully saturated rings. The lowest BCUT2D eigenvalue weighted by Gasteiger charge is -2.34. The number of phosphoric acid groups is 5. The van der Waals surface area contributed by atoms with E-state index in [0.717, 1.165) is 0 Å². The zero-order valence-corrected chi connectivity index (χ0v) is 19.3. The van der Waals surface area contributed by atoms with Crippen LogP contribution in [0.3, 0.4) is 0 Å². The second-order valence-corrected chi connectivity index (χ2v) is 11.2. The van der Waals surface area contributed by atoms with Gasteiger partial charge in [0.25, 0.3) is 0 Å². The van der Waals surface area contributed by atoms with Crippen molar-refractivity contribution < 1.29 is 99.2 Å². The maximum Gasteiger partial charge on any atom is 0.470 e. The Kier molecular flexibility index (Phi) is 11.8. The van der Waals surface area contributed by atoms with Crippen molar-refractivity contribution in [2.24, 2.45) is 0 Å². The lowest BCUT2D eigenvalue weighted by molar-refractivity contribution is -0.130. The summed E-state index contributed by atoms with van der Waals surface area (Å²) < 4.78 is 75.3. The van der Waals surface area contributed by atoms with Crippen LogP contribution < -0.4 is 0 Å². The smallest absolute Gasteiger partial charge is 0.303 e. The second kappa shape index (κ2) is 11.8. The Labute approximate surface area is 176 Å². The molecule has 0 aliphatic heterocycles. The lowest BCUT2D eigenvalue weighted by atomic mass is 10.0. The van der Waals surface area contributed by atoms with E-state index >= 15 is 0 Å². The van der Waals surface area contributed by atoms with Crippen molar-refractivity contribution >= 4 is 45.4 Å². The number of hydrogen-bond acceptors (Lipinski definition) is 11. The van der Waals surface area contributed by atoms with E-state index in [0.29, 0.717) is 0 Å². The lowest BCUT2D eigenvalue weighted by Crippen LogP contribution is -2.50. The van der Waals surface area contributed by atoms with Crippen molar-refractivity contribution in [2.75, 3.05) is 6.61 Å². The largest absolute Gasteiger partial charge is 0.470 e. The molecule has 26 heteroatoms. The van der Waals surface area contributed by atoms with E-state index in [2.05, 4.69) is 22.6 Å². The Morgan fingerprint density at radius 1 is 0.562 bits per heavy atom. The molecule has 0 saturated carbocycles. The molecule has 0 radical (unpaired) electrons. The summed E-state index contributed by atoms with van der Waals surface area (Å²) >= 11 is 0. The molecule has 0 rings (SSSR count). The molecule has 192 valence electrons. The highest BCUT2D eigenvalue weighted by Crippen LogP contribution is 2.50. The Morgan fingerprint density at radius 2 is 0.938 bits per heavy atom. The SMILES string of the molecule is O=C[C@H](OP(=O)(O)O)[C@@H](OP(=O)(O)O)[C@@H](OP(=O)(O)O)[C@@H](COP(=O)(O)O)OP(=O)(O)O. The van der Waals surface area contributed by atoms with Crippen LogP contribution in [0.4, 0.5) is 0 Å². The van der Waals surface area contributed by atoms with Gasteiger partial charge in [0.1, 0.15) is 18.3 Å². The zero-order valence-electron chi connectivity index (χ0n) is 14.8. The fraction of sp³-hybridized carbons (Fsp3) is 0.833. The van der Waals surface area contributed by atoms with Gasteiger partial charge in [-0.3, -0.25) is 22.6 Å². The van der Waals surface area contributed by atoms with Crippen molar-refractivity contribution in [3.63, 3.8) is 0 Å². The minimum atomic E-state index is -5.91. The first-order valence-corrected chi connectivity index (χ1v) is 14.7. The molecule has 0 bridgehead atoms. The minimum Gasteiger partial charge on any atom is -0.303 e. The van der Waals surface area contributed by atoms with Gasteiger partial charge >= 0.3 is 39.1 Å². The molecule has 4 atom stereocenters. The topological polar surface area (TPSA) is 351 Å². The van der Waals surface area contributed by atoms with Gasteiger partial charge in [0, 0.05) is 0 Å². The van der Waals surface area contributed by atoms with Crippen LogP contribution in [-0.2, 0) is 50.2 Å². The van der Waals surface area contributed by atoms with Crippen LogP contribution in [0.15, 0.2) is 0 Å². The molecule has 0 unspecified atom stereocenters. The molecule has 21 nitrogen and oxygen atoms in total. The van der Waals surface area contributed by atoms with Crippen molar-refractivity contribution in [1.29, 1.82) is 0 Å². The van der Waals surface area contributed by atoms with Crippen LogP contribution in [0.5, 0.6) is 0 Å². The summed E-state index contributed by atoms with van der Waals surface area (Å²) in [5.41, 5.74) is 0. The first-order chi connectivity index (χ1) is 13.9. The Bertz CT molecular complexity index is 852. The van der Waals surface area contributed by atoms with Crippen molar-refractivity contribution in [3.8, 4) is 0 Å². The molecule has 0 spiro atoms. The molecule has 0 saturated heterocycles. The summed E-state index contributed by atoms with van der Waals surface area (Å²) in [6.07, 6.45) is -12.5.